The molecular weight excluding hydrogens is 274 g/mol. The highest BCUT2D eigenvalue weighted by atomic mass is 16.4. The largest absolute Gasteiger partial charge is 0.481 e. The number of amides is 1. The van der Waals surface area contributed by atoms with Crippen LogP contribution in [0.3, 0.4) is 0 Å². The van der Waals surface area contributed by atoms with Gasteiger partial charge in [-0.05, 0) is 18.2 Å². The number of aromatic amines is 1. The van der Waals surface area contributed by atoms with Gasteiger partial charge in [0.2, 0.25) is 0 Å². The fourth-order valence-corrected chi connectivity index (χ4v) is 1.77. The van der Waals surface area contributed by atoms with Crippen LogP contribution in [0.25, 0.3) is 0 Å². The molecule has 7 heteroatoms. The SMILES string of the molecule is O=C(O)CCN(C(=O)c1ccc(=O)[nH]n1)c1ccccc1. The molecule has 108 valence electrons. The molecular formula is C14H13N3O4. The molecule has 0 aliphatic carbocycles. The first-order chi connectivity index (χ1) is 10.1. The summed E-state index contributed by atoms with van der Waals surface area (Å²) >= 11 is 0. The van der Waals surface area contributed by atoms with E-state index in [0.717, 1.165) is 0 Å². The molecule has 0 saturated heterocycles. The van der Waals surface area contributed by atoms with Crippen molar-refractivity contribution in [2.45, 2.75) is 6.42 Å². The Kier molecular flexibility index (Phi) is 4.45. The average molecular weight is 287 g/mol. The number of benzene rings is 1. The summed E-state index contributed by atoms with van der Waals surface area (Å²) in [5, 5.41) is 14.7. The quantitative estimate of drug-likeness (QED) is 0.850. The second kappa shape index (κ2) is 6.47. The van der Waals surface area contributed by atoms with Crippen molar-refractivity contribution in [3.05, 3.63) is 58.5 Å². The van der Waals surface area contributed by atoms with E-state index in [1.807, 2.05) is 0 Å². The van der Waals surface area contributed by atoms with Crippen LogP contribution < -0.4 is 10.5 Å². The third-order valence-electron chi connectivity index (χ3n) is 2.76. The van der Waals surface area contributed by atoms with Crippen LogP contribution in [0.1, 0.15) is 16.9 Å². The normalized spacial score (nSPS) is 10.1. The number of anilines is 1. The summed E-state index contributed by atoms with van der Waals surface area (Å²) in [6.07, 6.45) is -0.190. The molecule has 0 spiro atoms. The van der Waals surface area contributed by atoms with Crippen LogP contribution in [-0.4, -0.2) is 33.7 Å². The number of hydrogen-bond acceptors (Lipinski definition) is 4. The molecule has 2 rings (SSSR count). The molecule has 2 N–H and O–H groups in total. The topological polar surface area (TPSA) is 103 Å². The molecule has 0 saturated carbocycles. The van der Waals surface area contributed by atoms with Crippen molar-refractivity contribution in [1.82, 2.24) is 10.2 Å². The molecule has 7 nitrogen and oxygen atoms in total. The Morgan fingerprint density at radius 2 is 1.86 bits per heavy atom. The van der Waals surface area contributed by atoms with Crippen molar-refractivity contribution in [3.8, 4) is 0 Å². The second-order valence-corrected chi connectivity index (χ2v) is 4.24. The van der Waals surface area contributed by atoms with Gasteiger partial charge in [0.25, 0.3) is 11.5 Å². The fraction of sp³-hybridized carbons (Fsp3) is 0.143. The molecule has 1 aromatic heterocycles. The number of nitrogens with one attached hydrogen (secondary N) is 1. The van der Waals surface area contributed by atoms with E-state index in [4.69, 9.17) is 5.11 Å². The van der Waals surface area contributed by atoms with Gasteiger partial charge in [-0.25, -0.2) is 5.10 Å². The van der Waals surface area contributed by atoms with Gasteiger partial charge in [0.05, 0.1) is 6.42 Å². The van der Waals surface area contributed by atoms with Crippen molar-refractivity contribution in [3.63, 3.8) is 0 Å². The molecule has 21 heavy (non-hydrogen) atoms. The minimum Gasteiger partial charge on any atom is -0.481 e. The standard InChI is InChI=1S/C14H13N3O4/c18-12-7-6-11(15-16-12)14(21)17(9-8-13(19)20)10-4-2-1-3-5-10/h1-7H,8-9H2,(H,16,18)(H,19,20). The van der Waals surface area contributed by atoms with Gasteiger partial charge >= 0.3 is 5.97 Å². The Balaban J connectivity index is 2.30. The molecule has 1 heterocycles. The number of para-hydroxylation sites is 1. The van der Waals surface area contributed by atoms with Crippen molar-refractivity contribution in [1.29, 1.82) is 0 Å². The maximum Gasteiger partial charge on any atom is 0.305 e. The lowest BCUT2D eigenvalue weighted by molar-refractivity contribution is -0.136. The highest BCUT2D eigenvalue weighted by molar-refractivity contribution is 6.04. The molecule has 0 aliphatic heterocycles. The lowest BCUT2D eigenvalue weighted by Gasteiger charge is -2.21. The van der Waals surface area contributed by atoms with E-state index in [1.54, 1.807) is 30.3 Å². The van der Waals surface area contributed by atoms with Gasteiger partial charge in [0.1, 0.15) is 5.69 Å². The Labute approximate surface area is 119 Å². The molecule has 2 aromatic rings. The van der Waals surface area contributed by atoms with E-state index < -0.39 is 17.4 Å². The zero-order valence-electron chi connectivity index (χ0n) is 11.0. The monoisotopic (exact) mass is 287 g/mol. The van der Waals surface area contributed by atoms with Gasteiger partial charge in [0.15, 0.2) is 0 Å². The number of aromatic nitrogens is 2. The average Bonchev–Trinajstić information content (AvgIpc) is 2.49. The van der Waals surface area contributed by atoms with Crippen LogP contribution in [0.5, 0.6) is 0 Å². The summed E-state index contributed by atoms with van der Waals surface area (Å²) in [5.74, 6) is -1.48. The zero-order valence-corrected chi connectivity index (χ0v) is 11.0. The molecule has 1 aromatic carbocycles. The first-order valence-electron chi connectivity index (χ1n) is 6.22. The highest BCUT2D eigenvalue weighted by Crippen LogP contribution is 2.16. The lowest BCUT2D eigenvalue weighted by Crippen LogP contribution is -2.34. The third kappa shape index (κ3) is 3.75. The number of carboxylic acids is 1. The first-order valence-corrected chi connectivity index (χ1v) is 6.22. The van der Waals surface area contributed by atoms with Crippen LogP contribution in [0.2, 0.25) is 0 Å². The zero-order chi connectivity index (χ0) is 15.2. The molecule has 0 unspecified atom stereocenters. The van der Waals surface area contributed by atoms with Gasteiger partial charge in [-0.1, -0.05) is 18.2 Å². The number of rotatable bonds is 5. The number of hydrogen-bond donors (Lipinski definition) is 2. The Morgan fingerprint density at radius 1 is 1.14 bits per heavy atom. The predicted octanol–water partition coefficient (Wildman–Crippen LogP) is 0.891. The van der Waals surface area contributed by atoms with Crippen molar-refractivity contribution >= 4 is 17.6 Å². The Morgan fingerprint density at radius 3 is 2.43 bits per heavy atom. The minimum absolute atomic E-state index is 0.0129. The number of carbonyl (C=O) groups is 2. The van der Waals surface area contributed by atoms with Gasteiger partial charge in [-0.3, -0.25) is 14.4 Å². The van der Waals surface area contributed by atoms with Crippen LogP contribution in [0, 0.1) is 0 Å². The van der Waals surface area contributed by atoms with Gasteiger partial charge in [0, 0.05) is 18.3 Å². The van der Waals surface area contributed by atoms with Gasteiger partial charge in [-0.15, -0.1) is 0 Å². The van der Waals surface area contributed by atoms with Crippen LogP contribution in [0.4, 0.5) is 5.69 Å². The third-order valence-corrected chi connectivity index (χ3v) is 2.76. The number of carbonyl (C=O) groups excluding carboxylic acids is 1. The van der Waals surface area contributed by atoms with E-state index >= 15 is 0 Å². The van der Waals surface area contributed by atoms with Crippen LogP contribution in [0.15, 0.2) is 47.3 Å². The summed E-state index contributed by atoms with van der Waals surface area (Å²) < 4.78 is 0. The van der Waals surface area contributed by atoms with E-state index in [1.165, 1.54) is 17.0 Å². The van der Waals surface area contributed by atoms with E-state index in [9.17, 15) is 14.4 Å². The number of nitrogens with zero attached hydrogens (tertiary/aromatic N) is 2. The van der Waals surface area contributed by atoms with Gasteiger partial charge < -0.3 is 10.0 Å². The smallest absolute Gasteiger partial charge is 0.305 e. The fourth-order valence-electron chi connectivity index (χ4n) is 1.77. The predicted molar refractivity (Wildman–Crippen MR) is 75.2 cm³/mol. The molecule has 0 bridgehead atoms. The Bertz CT molecular complexity index is 676. The van der Waals surface area contributed by atoms with Crippen molar-refractivity contribution in [2.75, 3.05) is 11.4 Å². The molecule has 0 aliphatic rings. The Hall–Kier alpha value is -2.96. The number of H-pyrrole nitrogens is 1. The molecule has 0 radical (unpaired) electrons. The summed E-state index contributed by atoms with van der Waals surface area (Å²) in [5.41, 5.74) is 0.198. The van der Waals surface area contributed by atoms with Crippen LogP contribution in [-0.2, 0) is 4.79 Å². The summed E-state index contributed by atoms with van der Waals surface area (Å²) in [6, 6.07) is 11.2. The number of carboxylic acid groups (broad SMARTS) is 1. The van der Waals surface area contributed by atoms with E-state index in [2.05, 4.69) is 10.2 Å². The summed E-state index contributed by atoms with van der Waals surface area (Å²) in [4.78, 5) is 35.4. The van der Waals surface area contributed by atoms with Crippen molar-refractivity contribution < 1.29 is 14.7 Å². The molecule has 0 atom stereocenters. The maximum absolute atomic E-state index is 12.4. The highest BCUT2D eigenvalue weighted by Gasteiger charge is 2.19. The summed E-state index contributed by atoms with van der Waals surface area (Å²) in [6.45, 7) is 0.0129. The molecule has 1 amide bonds. The maximum atomic E-state index is 12.4. The number of aliphatic carboxylic acids is 1. The first kappa shape index (κ1) is 14.4. The lowest BCUT2D eigenvalue weighted by atomic mass is 10.2. The van der Waals surface area contributed by atoms with Crippen molar-refractivity contribution in [2.24, 2.45) is 0 Å². The second-order valence-electron chi connectivity index (χ2n) is 4.24. The molecule has 0 fully saturated rings. The minimum atomic E-state index is -1.00. The van der Waals surface area contributed by atoms with Crippen LogP contribution >= 0.6 is 0 Å². The van der Waals surface area contributed by atoms with Gasteiger partial charge in [-0.2, -0.15) is 5.10 Å². The summed E-state index contributed by atoms with van der Waals surface area (Å²) in [7, 11) is 0. The van der Waals surface area contributed by atoms with E-state index in [-0.39, 0.29) is 18.7 Å². The van der Waals surface area contributed by atoms with E-state index in [0.29, 0.717) is 5.69 Å².